The van der Waals surface area contributed by atoms with Crippen LogP contribution in [0.15, 0.2) is 128 Å². The predicted molar refractivity (Wildman–Crippen MR) is 238 cm³/mol. The standard InChI is InChI=1S/C48H59N5O8S.Na/c1-47(2)38-16-14-30-51(28-12-8-10-18-42(54)55)45(38)49-40(47)26-20-34-32-53(5,6)33-35(44(34)61-36-22-24-37(25-23-36)62(57,58)59)21-27-41-48(3,4)39-17-15-31-52(46(39)50-41)29-13-9-11-19-43(56)60-7;/h14-17,20-27,30-31H,8-13,18-19,28-29,32-33H2,1-7H3;/q;+1/p+1. The molecule has 13 nitrogen and oxygen atoms in total. The number of methoxy groups -OCH3 is 1. The van der Waals surface area contributed by atoms with Gasteiger partial charge in [-0.05, 0) is 118 Å². The van der Waals surface area contributed by atoms with E-state index in [2.05, 4.69) is 100.0 Å². The molecule has 0 bridgehead atoms. The van der Waals surface area contributed by atoms with Crippen LogP contribution in [0.3, 0.4) is 0 Å². The minimum atomic E-state index is -4.64. The van der Waals surface area contributed by atoms with Gasteiger partial charge in [0.1, 0.15) is 40.6 Å². The molecule has 4 aliphatic rings. The fourth-order valence-corrected chi connectivity index (χ4v) is 8.85. The summed E-state index contributed by atoms with van der Waals surface area (Å²) in [5, 5.41) is 9.05. The van der Waals surface area contributed by atoms with E-state index in [0.717, 1.165) is 90.5 Å². The van der Waals surface area contributed by atoms with E-state index in [1.54, 1.807) is 0 Å². The van der Waals surface area contributed by atoms with Crippen molar-refractivity contribution < 1.29 is 75.7 Å². The van der Waals surface area contributed by atoms with Crippen LogP contribution in [0.25, 0.3) is 0 Å². The molecule has 1 N–H and O–H groups in total. The Bertz CT molecular complexity index is 2440. The number of nitrogens with zero attached hydrogens (tertiary/aromatic N) is 5. The molecule has 4 aliphatic heterocycles. The van der Waals surface area contributed by atoms with E-state index in [-0.39, 0.29) is 52.3 Å². The topological polar surface area (TPSA) is 162 Å². The number of carbonyl (C=O) groups is 2. The summed E-state index contributed by atoms with van der Waals surface area (Å²) < 4.78 is 49.5. The van der Waals surface area contributed by atoms with E-state index >= 15 is 0 Å². The molecule has 0 aliphatic carbocycles. The van der Waals surface area contributed by atoms with Crippen molar-refractivity contribution in [2.24, 2.45) is 15.4 Å². The number of aliphatic imine (C=N–C) groups is 2. The minimum absolute atomic E-state index is 0. The first kappa shape index (κ1) is 49.6. The van der Waals surface area contributed by atoms with Crippen molar-refractivity contribution in [1.82, 2.24) is 4.90 Å². The molecule has 6 rings (SSSR count). The summed E-state index contributed by atoms with van der Waals surface area (Å²) in [4.78, 5) is 34.8. The zero-order valence-electron chi connectivity index (χ0n) is 38.0. The summed E-state index contributed by atoms with van der Waals surface area (Å²) >= 11 is 0. The largest absolute Gasteiger partial charge is 1.00 e. The average molecular weight is 890 g/mol. The number of likely N-dealkylation sites (N-methyl/N-ethyl adjacent to an activating group) is 1. The zero-order chi connectivity index (χ0) is 44.9. The molecule has 0 spiro atoms. The quantitative estimate of drug-likeness (QED) is 0.0563. The number of carbonyl (C=O) groups excluding carboxylic acids is 1. The Kier molecular flexibility index (Phi) is 16.2. The summed E-state index contributed by atoms with van der Waals surface area (Å²) in [6, 6.07) is 9.69. The van der Waals surface area contributed by atoms with E-state index in [1.165, 1.54) is 31.4 Å². The summed E-state index contributed by atoms with van der Waals surface area (Å²) in [5.41, 5.74) is 5.09. The summed E-state index contributed by atoms with van der Waals surface area (Å²) in [5.74, 6) is 1.87. The van der Waals surface area contributed by atoms with E-state index in [4.69, 9.17) is 24.6 Å². The molecule has 0 saturated carbocycles. The number of esters is 1. The van der Waals surface area contributed by atoms with Crippen molar-refractivity contribution >= 4 is 39.4 Å². The van der Waals surface area contributed by atoms with Crippen molar-refractivity contribution in [1.29, 1.82) is 0 Å². The normalized spacial score (nSPS) is 19.7. The number of allylic oxidation sites excluding steroid dienone is 6. The first-order valence-corrected chi connectivity index (χ1v) is 22.7. The maximum Gasteiger partial charge on any atom is 1.00 e. The molecule has 0 radical (unpaired) electrons. The van der Waals surface area contributed by atoms with Gasteiger partial charge in [0.2, 0.25) is 0 Å². The molecule has 0 saturated heterocycles. The van der Waals surface area contributed by atoms with Gasteiger partial charge in [-0.15, -0.1) is 0 Å². The molecule has 330 valence electrons. The molecule has 1 aromatic heterocycles. The number of benzene rings is 1. The first-order chi connectivity index (χ1) is 29.3. The number of carboxylic acids is 1. The molecule has 15 heteroatoms. The number of aryl methyl sites for hydroxylation is 1. The predicted octanol–water partition coefficient (Wildman–Crippen LogP) is 4.61. The fraction of sp³-hybridized carbons (Fsp3) is 0.438. The van der Waals surface area contributed by atoms with Gasteiger partial charge in [0.15, 0.2) is 5.71 Å². The number of hydrogen-bond donors (Lipinski definition) is 1. The van der Waals surface area contributed by atoms with E-state index in [1.807, 2.05) is 12.3 Å². The van der Waals surface area contributed by atoms with Gasteiger partial charge < -0.3 is 28.5 Å². The number of carboxylic acid groups (broad SMARTS) is 1. The number of rotatable bonds is 18. The molecule has 5 heterocycles. The van der Waals surface area contributed by atoms with Crippen LogP contribution in [0.5, 0.6) is 5.75 Å². The van der Waals surface area contributed by atoms with Crippen LogP contribution in [0.2, 0.25) is 0 Å². The molecule has 0 amide bonds. The van der Waals surface area contributed by atoms with Gasteiger partial charge in [-0.3, -0.25) is 9.59 Å². The van der Waals surface area contributed by atoms with Crippen LogP contribution in [-0.4, -0.2) is 91.8 Å². The molecular weight excluding hydrogens is 830 g/mol. The zero-order valence-corrected chi connectivity index (χ0v) is 40.8. The van der Waals surface area contributed by atoms with E-state index < -0.39 is 21.5 Å². The van der Waals surface area contributed by atoms with Crippen LogP contribution in [-0.2, 0) is 36.4 Å². The number of fused-ring (bicyclic) bond motifs is 2. The maximum absolute atomic E-state index is 11.8. The fourth-order valence-electron chi connectivity index (χ4n) is 8.38. The van der Waals surface area contributed by atoms with E-state index in [0.29, 0.717) is 41.9 Å². The smallest absolute Gasteiger partial charge is 0.744 e. The molecule has 1 aromatic carbocycles. The van der Waals surface area contributed by atoms with Crippen molar-refractivity contribution in [2.45, 2.75) is 95.9 Å². The second-order valence-corrected chi connectivity index (χ2v) is 19.4. The average Bonchev–Trinajstić information content (AvgIpc) is 3.63. The van der Waals surface area contributed by atoms with Gasteiger partial charge in [-0.25, -0.2) is 18.0 Å². The van der Waals surface area contributed by atoms with Crippen LogP contribution < -0.4 is 38.9 Å². The van der Waals surface area contributed by atoms with E-state index in [9.17, 15) is 22.6 Å². The number of amidine groups is 1. The van der Waals surface area contributed by atoms with Crippen LogP contribution >= 0.6 is 0 Å². The Morgan fingerprint density at radius 1 is 0.937 bits per heavy atom. The Hall–Kier alpha value is -4.44. The Balaban J connectivity index is 0.00000748. The third kappa shape index (κ3) is 12.0. The van der Waals surface area contributed by atoms with Gasteiger partial charge in [0, 0.05) is 47.7 Å². The number of aliphatic carboxylic acids is 1. The maximum atomic E-state index is 11.8. The van der Waals surface area contributed by atoms with Crippen LogP contribution in [0, 0.1) is 5.41 Å². The molecule has 2 aromatic rings. The number of hydrogen-bond acceptors (Lipinski definition) is 10. The van der Waals surface area contributed by atoms with Gasteiger partial charge >= 0.3 is 47.3 Å². The number of ether oxygens (including phenoxy) is 2. The Labute approximate surface area is 394 Å². The first-order valence-electron chi connectivity index (χ1n) is 21.3. The van der Waals surface area contributed by atoms with Crippen molar-refractivity contribution in [3.8, 4) is 5.75 Å². The second kappa shape index (κ2) is 20.6. The van der Waals surface area contributed by atoms with Crippen LogP contribution in [0.4, 0.5) is 5.82 Å². The van der Waals surface area contributed by atoms with Gasteiger partial charge in [-0.2, -0.15) is 0 Å². The minimum Gasteiger partial charge on any atom is -0.744 e. The van der Waals surface area contributed by atoms with Crippen molar-refractivity contribution in [3.63, 3.8) is 0 Å². The van der Waals surface area contributed by atoms with Gasteiger partial charge in [0.25, 0.3) is 0 Å². The van der Waals surface area contributed by atoms with Crippen molar-refractivity contribution in [3.05, 3.63) is 119 Å². The van der Waals surface area contributed by atoms with Gasteiger partial charge in [-0.1, -0.05) is 26.3 Å². The summed E-state index contributed by atoms with van der Waals surface area (Å²) in [6.07, 6.45) is 22.0. The third-order valence-electron chi connectivity index (χ3n) is 12.0. The second-order valence-electron chi connectivity index (χ2n) is 18.0. The molecular formula is C48H60N5NaO8S+2. The van der Waals surface area contributed by atoms with Crippen molar-refractivity contribution in [2.75, 3.05) is 40.8 Å². The van der Waals surface area contributed by atoms with Crippen LogP contribution in [0.1, 0.15) is 84.6 Å². The number of aromatic nitrogens is 1. The summed E-state index contributed by atoms with van der Waals surface area (Å²) in [7, 11) is 1.11. The Morgan fingerprint density at radius 3 is 2.35 bits per heavy atom. The molecule has 0 unspecified atom stereocenters. The number of quaternary nitrogens is 1. The molecule has 0 fully saturated rings. The third-order valence-corrected chi connectivity index (χ3v) is 12.8. The number of unbranched alkanes of at least 4 members (excludes halogenated alkanes) is 4. The summed E-state index contributed by atoms with van der Waals surface area (Å²) in [6.45, 7) is 11.4. The SMILES string of the molecule is COC(=O)CCCCCN1C=CC=C2C1=N/C(=C/C=C1\C[N+](C)(C)CC(/C=C/C3=Nc4c(ccc[n+]4CCCCCC(=O)O)C3(C)C)=C1Oc1ccc(S(=O)(=O)[O-])cc1)C2(C)C.[Na+]. The number of pyridine rings is 1. The van der Waals surface area contributed by atoms with Gasteiger partial charge in [0.05, 0.1) is 55.5 Å². The molecule has 0 atom stereocenters. The Morgan fingerprint density at radius 2 is 1.65 bits per heavy atom. The molecule has 63 heavy (non-hydrogen) atoms. The monoisotopic (exact) mass is 889 g/mol.